The van der Waals surface area contributed by atoms with Crippen LogP contribution in [0.25, 0.3) is 11.0 Å². The van der Waals surface area contributed by atoms with Gasteiger partial charge in [-0.3, -0.25) is 4.79 Å². The first-order valence-electron chi connectivity index (χ1n) is 10.8. The zero-order chi connectivity index (χ0) is 21.0. The quantitative estimate of drug-likeness (QED) is 0.509. The molecule has 0 radical (unpaired) electrons. The largest absolute Gasteiger partial charge is 0.372 e. The van der Waals surface area contributed by atoms with Gasteiger partial charge in [-0.15, -0.1) is 0 Å². The molecular weight excluding hydrogens is 364 g/mol. The molecule has 7 heteroatoms. The minimum absolute atomic E-state index is 0.0207. The van der Waals surface area contributed by atoms with Crippen LogP contribution in [-0.2, 0) is 10.2 Å². The predicted molar refractivity (Wildman–Crippen MR) is 117 cm³/mol. The second kappa shape index (κ2) is 8.93. The molecule has 1 fully saturated rings. The molecule has 0 spiro atoms. The van der Waals surface area contributed by atoms with Gasteiger partial charge in [0.15, 0.2) is 5.65 Å². The summed E-state index contributed by atoms with van der Waals surface area (Å²) in [6, 6.07) is 0.117. The van der Waals surface area contributed by atoms with Crippen molar-refractivity contribution in [3.05, 3.63) is 24.7 Å². The second-order valence-corrected chi connectivity index (χ2v) is 8.27. The molecule has 0 aromatic carbocycles. The zero-order valence-electron chi connectivity index (χ0n) is 18.2. The number of unbranched alkanes of at least 4 members (excludes halogenated alkanes) is 2. The van der Waals surface area contributed by atoms with Crippen LogP contribution in [0.1, 0.15) is 71.0 Å². The van der Waals surface area contributed by atoms with E-state index in [4.69, 9.17) is 5.10 Å². The molecule has 1 aliphatic rings. The summed E-state index contributed by atoms with van der Waals surface area (Å²) in [5, 5.41) is 9.38. The smallest absolute Gasteiger partial charge is 0.246 e. The van der Waals surface area contributed by atoms with E-state index in [0.717, 1.165) is 48.4 Å². The maximum atomic E-state index is 12.1. The Morgan fingerprint density at radius 3 is 2.83 bits per heavy atom. The van der Waals surface area contributed by atoms with Crippen LogP contribution in [-0.4, -0.2) is 50.7 Å². The lowest BCUT2D eigenvalue weighted by atomic mass is 9.78. The van der Waals surface area contributed by atoms with Crippen LogP contribution in [0, 0.1) is 0 Å². The molecule has 2 aromatic heterocycles. The van der Waals surface area contributed by atoms with E-state index in [-0.39, 0.29) is 17.4 Å². The number of nitrogens with one attached hydrogen (secondary N) is 1. The Hall–Kier alpha value is -2.44. The van der Waals surface area contributed by atoms with Gasteiger partial charge >= 0.3 is 0 Å². The molecule has 0 aliphatic carbocycles. The van der Waals surface area contributed by atoms with Crippen molar-refractivity contribution in [1.82, 2.24) is 24.6 Å². The highest BCUT2D eigenvalue weighted by molar-refractivity contribution is 5.90. The van der Waals surface area contributed by atoms with Crippen molar-refractivity contribution in [2.24, 2.45) is 0 Å². The predicted octanol–water partition coefficient (Wildman–Crippen LogP) is 4.08. The minimum Gasteiger partial charge on any atom is -0.372 e. The fraction of sp³-hybridized carbons (Fsp3) is 0.636. The number of hydrogen-bond acceptors (Lipinski definition) is 5. The van der Waals surface area contributed by atoms with E-state index in [0.29, 0.717) is 6.54 Å². The normalized spacial score (nSPS) is 18.8. The molecule has 1 saturated heterocycles. The summed E-state index contributed by atoms with van der Waals surface area (Å²) >= 11 is 0. The minimum atomic E-state index is -0.0375. The Kier molecular flexibility index (Phi) is 6.55. The molecule has 1 aliphatic heterocycles. The van der Waals surface area contributed by atoms with Crippen molar-refractivity contribution in [3.63, 3.8) is 0 Å². The van der Waals surface area contributed by atoms with Crippen LogP contribution < -0.4 is 5.32 Å². The molecule has 158 valence electrons. The van der Waals surface area contributed by atoms with Crippen LogP contribution in [0.4, 0.5) is 5.82 Å². The molecule has 1 unspecified atom stereocenters. The number of amides is 1. The number of rotatable bonds is 9. The Morgan fingerprint density at radius 1 is 1.38 bits per heavy atom. The molecule has 2 aromatic rings. The molecule has 3 heterocycles. The van der Waals surface area contributed by atoms with Crippen molar-refractivity contribution in [3.8, 4) is 0 Å². The topological polar surface area (TPSA) is 75.9 Å². The van der Waals surface area contributed by atoms with Crippen molar-refractivity contribution < 1.29 is 4.79 Å². The maximum Gasteiger partial charge on any atom is 0.246 e. The van der Waals surface area contributed by atoms with Gasteiger partial charge in [0.1, 0.15) is 12.1 Å². The van der Waals surface area contributed by atoms with Gasteiger partial charge in [0, 0.05) is 25.6 Å². The number of carbonyl (C=O) groups excluding carboxylic acids is 1. The van der Waals surface area contributed by atoms with Gasteiger partial charge in [-0.05, 0) is 25.3 Å². The van der Waals surface area contributed by atoms with Crippen LogP contribution in [0.5, 0.6) is 0 Å². The van der Waals surface area contributed by atoms with Gasteiger partial charge in [-0.1, -0.05) is 46.6 Å². The highest BCUT2D eigenvalue weighted by Crippen LogP contribution is 2.40. The first kappa shape index (κ1) is 21.3. The molecule has 3 rings (SSSR count). The van der Waals surface area contributed by atoms with E-state index in [1.165, 1.54) is 25.3 Å². The van der Waals surface area contributed by atoms with Gasteiger partial charge in [0.2, 0.25) is 5.91 Å². The summed E-state index contributed by atoms with van der Waals surface area (Å²) < 4.78 is 2.04. The van der Waals surface area contributed by atoms with Gasteiger partial charge < -0.3 is 10.2 Å². The Morgan fingerprint density at radius 2 is 2.17 bits per heavy atom. The molecule has 2 atom stereocenters. The van der Waals surface area contributed by atoms with E-state index in [1.54, 1.807) is 6.33 Å². The lowest BCUT2D eigenvalue weighted by Crippen LogP contribution is -2.27. The SMILES string of the molecule is C=CC(=O)N1CC[C@@H](n2nc(C(C)(CC)CCCCC)c3c(NC)ncnc32)C1. The van der Waals surface area contributed by atoms with E-state index in [1.807, 2.05) is 16.6 Å². The lowest BCUT2D eigenvalue weighted by molar-refractivity contribution is -0.125. The maximum absolute atomic E-state index is 12.1. The van der Waals surface area contributed by atoms with Crippen molar-refractivity contribution in [1.29, 1.82) is 0 Å². The van der Waals surface area contributed by atoms with Gasteiger partial charge in [-0.25, -0.2) is 14.6 Å². The Labute approximate surface area is 173 Å². The number of carbonyl (C=O) groups is 1. The van der Waals surface area contributed by atoms with Gasteiger partial charge in [-0.2, -0.15) is 5.10 Å². The molecule has 0 bridgehead atoms. The van der Waals surface area contributed by atoms with Crippen LogP contribution in [0.15, 0.2) is 19.0 Å². The molecule has 1 amide bonds. The number of aromatic nitrogens is 4. The van der Waals surface area contributed by atoms with Gasteiger partial charge in [0.25, 0.3) is 0 Å². The summed E-state index contributed by atoms with van der Waals surface area (Å²) in [5.74, 6) is 0.802. The average molecular weight is 399 g/mol. The average Bonchev–Trinajstić information content (AvgIpc) is 3.38. The number of anilines is 1. The standard InChI is InChI=1S/C22H34N6O/c1-6-9-10-12-22(4,8-3)19-18-20(23-5)24-15-25-21(18)28(26-19)16-11-13-27(14-16)17(29)7-2/h7,15-16H,2,6,8-14H2,1,3-5H3,(H,23,24,25)/t16-,22?/m1/s1. The second-order valence-electron chi connectivity index (χ2n) is 8.27. The summed E-state index contributed by atoms with van der Waals surface area (Å²) in [6.07, 6.45) is 9.56. The summed E-state index contributed by atoms with van der Waals surface area (Å²) in [4.78, 5) is 23.0. The van der Waals surface area contributed by atoms with Crippen LogP contribution >= 0.6 is 0 Å². The van der Waals surface area contributed by atoms with Gasteiger partial charge in [0.05, 0.1) is 17.1 Å². The van der Waals surface area contributed by atoms with E-state index in [9.17, 15) is 4.79 Å². The van der Waals surface area contributed by atoms with Crippen LogP contribution in [0.3, 0.4) is 0 Å². The van der Waals surface area contributed by atoms with E-state index >= 15 is 0 Å². The third kappa shape index (κ3) is 4.00. The first-order valence-corrected chi connectivity index (χ1v) is 10.8. The fourth-order valence-electron chi connectivity index (χ4n) is 4.34. The van der Waals surface area contributed by atoms with Crippen molar-refractivity contribution in [2.45, 2.75) is 70.8 Å². The summed E-state index contributed by atoms with van der Waals surface area (Å²) in [6.45, 7) is 11.8. The number of fused-ring (bicyclic) bond motifs is 1. The first-order chi connectivity index (χ1) is 14.0. The highest BCUT2D eigenvalue weighted by atomic mass is 16.2. The third-order valence-corrected chi connectivity index (χ3v) is 6.41. The molecule has 1 N–H and O–H groups in total. The molecule has 29 heavy (non-hydrogen) atoms. The lowest BCUT2D eigenvalue weighted by Gasteiger charge is -2.27. The summed E-state index contributed by atoms with van der Waals surface area (Å²) in [7, 11) is 1.89. The number of nitrogens with zero attached hydrogens (tertiary/aromatic N) is 5. The monoisotopic (exact) mass is 398 g/mol. The number of hydrogen-bond donors (Lipinski definition) is 1. The molecule has 7 nitrogen and oxygen atoms in total. The summed E-state index contributed by atoms with van der Waals surface area (Å²) in [5.41, 5.74) is 1.89. The third-order valence-electron chi connectivity index (χ3n) is 6.41. The van der Waals surface area contributed by atoms with Crippen molar-refractivity contribution in [2.75, 3.05) is 25.5 Å². The van der Waals surface area contributed by atoms with Crippen molar-refractivity contribution >= 4 is 22.8 Å². The molecular formula is C22H34N6O. The van der Waals surface area contributed by atoms with E-state index in [2.05, 4.69) is 42.6 Å². The Bertz CT molecular complexity index is 876. The highest BCUT2D eigenvalue weighted by Gasteiger charge is 2.35. The zero-order valence-corrected chi connectivity index (χ0v) is 18.2. The Balaban J connectivity index is 2.07. The number of likely N-dealkylation sites (tertiary alicyclic amines) is 1. The molecule has 0 saturated carbocycles. The van der Waals surface area contributed by atoms with E-state index < -0.39 is 0 Å². The van der Waals surface area contributed by atoms with Crippen LogP contribution in [0.2, 0.25) is 0 Å². The fourth-order valence-corrected chi connectivity index (χ4v) is 4.34.